The highest BCUT2D eigenvalue weighted by Gasteiger charge is 2.76. The molecule has 0 radical (unpaired) electrons. The molecule has 43 heavy (non-hydrogen) atoms. The van der Waals surface area contributed by atoms with Gasteiger partial charge in [0.25, 0.3) is 11.8 Å². The van der Waals surface area contributed by atoms with Crippen molar-refractivity contribution >= 4 is 29.4 Å². The van der Waals surface area contributed by atoms with Gasteiger partial charge in [0.05, 0.1) is 12.6 Å². The highest BCUT2D eigenvalue weighted by atomic mass is 19.4. The van der Waals surface area contributed by atoms with E-state index in [0.717, 1.165) is 23.8 Å². The molecule has 0 bridgehead atoms. The van der Waals surface area contributed by atoms with Gasteiger partial charge in [0.1, 0.15) is 18.1 Å². The monoisotopic (exact) mass is 622 g/mol. The van der Waals surface area contributed by atoms with Crippen molar-refractivity contribution in [1.29, 1.82) is 5.26 Å². The van der Waals surface area contributed by atoms with Crippen LogP contribution in [0.4, 0.5) is 36.6 Å². The summed E-state index contributed by atoms with van der Waals surface area (Å²) in [5.74, 6) is -18.5. The van der Waals surface area contributed by atoms with Gasteiger partial charge in [0, 0.05) is 19.7 Å². The lowest BCUT2D eigenvalue weighted by atomic mass is 9.97. The third kappa shape index (κ3) is 5.64. The van der Waals surface area contributed by atoms with Crippen molar-refractivity contribution in [2.24, 2.45) is 5.92 Å². The molecular weight excluding hydrogens is 597 g/mol. The molecule has 0 aromatic carbocycles. The van der Waals surface area contributed by atoms with Crippen molar-refractivity contribution in [3.05, 3.63) is 18.3 Å². The molecule has 2 fully saturated rings. The molecule has 1 aromatic heterocycles. The zero-order chi connectivity index (χ0) is 32.1. The number of alkyl halides is 7. The maximum Gasteiger partial charge on any atom is 0.460 e. The molecular formula is C25H25F7N6O5. The first-order valence-corrected chi connectivity index (χ1v) is 12.9. The summed E-state index contributed by atoms with van der Waals surface area (Å²) in [7, 11) is 1.05. The van der Waals surface area contributed by atoms with Gasteiger partial charge >= 0.3 is 18.0 Å². The number of hydrogen-bond acceptors (Lipinski definition) is 7. The van der Waals surface area contributed by atoms with E-state index >= 15 is 0 Å². The number of carbonyl (C=O) groups excluding carboxylic acids is 4. The van der Waals surface area contributed by atoms with E-state index in [-0.39, 0.29) is 30.3 Å². The van der Waals surface area contributed by atoms with E-state index in [0.29, 0.717) is 12.8 Å². The van der Waals surface area contributed by atoms with E-state index in [1.807, 2.05) is 6.07 Å². The van der Waals surface area contributed by atoms with Crippen LogP contribution in [-0.2, 0) is 19.2 Å². The van der Waals surface area contributed by atoms with Gasteiger partial charge in [0.15, 0.2) is 11.6 Å². The summed E-state index contributed by atoms with van der Waals surface area (Å²) in [5, 5.41) is 13.5. The smallest absolute Gasteiger partial charge is 0.460 e. The first-order valence-electron chi connectivity index (χ1n) is 12.9. The number of nitrogens with zero attached hydrogens (tertiary/aromatic N) is 4. The number of nitrogens with one attached hydrogen (secondary N) is 2. The molecule has 1 spiro atoms. The van der Waals surface area contributed by atoms with Crippen LogP contribution in [0.1, 0.15) is 32.6 Å². The summed E-state index contributed by atoms with van der Waals surface area (Å²) in [6, 6.07) is 0.332. The molecule has 1 aliphatic carbocycles. The van der Waals surface area contributed by atoms with Crippen LogP contribution in [0.5, 0.6) is 5.75 Å². The van der Waals surface area contributed by atoms with E-state index < -0.39 is 71.9 Å². The molecule has 4 atom stereocenters. The Morgan fingerprint density at radius 1 is 1.26 bits per heavy atom. The van der Waals surface area contributed by atoms with E-state index in [4.69, 9.17) is 4.74 Å². The normalized spacial score (nSPS) is 23.4. The van der Waals surface area contributed by atoms with Crippen molar-refractivity contribution in [2.45, 2.75) is 74.4 Å². The fraction of sp³-hybridized carbons (Fsp3) is 0.600. The molecule has 1 aromatic rings. The summed E-state index contributed by atoms with van der Waals surface area (Å²) in [6.45, 7) is 0.351. The second-order valence-electron chi connectivity index (χ2n) is 10.7. The molecule has 2 aliphatic heterocycles. The number of pyridine rings is 1. The topological polar surface area (TPSA) is 145 Å². The number of nitriles is 1. The first-order chi connectivity index (χ1) is 19.9. The van der Waals surface area contributed by atoms with Crippen LogP contribution in [-0.4, -0.2) is 93.8 Å². The van der Waals surface area contributed by atoms with Crippen molar-refractivity contribution in [2.75, 3.05) is 18.9 Å². The molecule has 4 amide bonds. The maximum atomic E-state index is 13.8. The lowest BCUT2D eigenvalue weighted by molar-refractivity contribution is -0.344. The van der Waals surface area contributed by atoms with E-state index in [1.54, 1.807) is 0 Å². The van der Waals surface area contributed by atoms with E-state index in [2.05, 4.69) is 10.3 Å². The zero-order valence-electron chi connectivity index (χ0n) is 22.6. The standard InChI is InChI=1S/C25H25F7N6O5/c1-12(35-21(42)23(26,27)24(28,29)25(30,31)32)18(39)37(2)15(8-13-5-6-13)19(40)38-11-22(9-14(38)10-33)20(41)36-17-16(43-22)4-3-7-34-17/h3-4,7,12-15H,5-6,8-9,11H2,1-2H3,(H,35,42)(H,34,36,41). The average Bonchev–Trinajstić information content (AvgIpc) is 3.69. The Bertz CT molecular complexity index is 1360. The summed E-state index contributed by atoms with van der Waals surface area (Å²) in [4.78, 5) is 57.4. The van der Waals surface area contributed by atoms with Crippen LogP contribution in [0.25, 0.3) is 0 Å². The van der Waals surface area contributed by atoms with Gasteiger partial charge in [-0.05, 0) is 31.4 Å². The largest absolute Gasteiger partial charge is 0.472 e. The number of carbonyl (C=O) groups is 4. The van der Waals surface area contributed by atoms with Gasteiger partial charge in [-0.2, -0.15) is 36.0 Å². The van der Waals surface area contributed by atoms with Crippen LogP contribution in [0, 0.1) is 17.2 Å². The number of likely N-dealkylation sites (tertiary alicyclic amines) is 1. The lowest BCUT2D eigenvalue weighted by Gasteiger charge is -2.35. The summed E-state index contributed by atoms with van der Waals surface area (Å²) < 4.78 is 97.6. The number of aromatic nitrogens is 1. The van der Waals surface area contributed by atoms with Crippen LogP contribution < -0.4 is 15.4 Å². The summed E-state index contributed by atoms with van der Waals surface area (Å²) >= 11 is 0. The average molecular weight is 622 g/mol. The van der Waals surface area contributed by atoms with E-state index in [1.165, 1.54) is 23.6 Å². The molecule has 11 nitrogen and oxygen atoms in total. The third-order valence-corrected chi connectivity index (χ3v) is 7.59. The van der Waals surface area contributed by atoms with Crippen molar-refractivity contribution in [3.8, 4) is 11.8 Å². The number of hydrogen-bond donors (Lipinski definition) is 2. The van der Waals surface area contributed by atoms with Gasteiger partial charge in [-0.3, -0.25) is 19.2 Å². The van der Waals surface area contributed by atoms with Gasteiger partial charge in [-0.25, -0.2) is 4.98 Å². The predicted molar refractivity (Wildman–Crippen MR) is 129 cm³/mol. The van der Waals surface area contributed by atoms with Gasteiger partial charge in [-0.1, -0.05) is 12.8 Å². The number of ether oxygens (including phenoxy) is 1. The second kappa shape index (κ2) is 10.8. The van der Waals surface area contributed by atoms with Crippen molar-refractivity contribution < 1.29 is 54.6 Å². The Morgan fingerprint density at radius 3 is 2.49 bits per heavy atom. The van der Waals surface area contributed by atoms with Crippen LogP contribution in [0.3, 0.4) is 0 Å². The van der Waals surface area contributed by atoms with Crippen molar-refractivity contribution in [3.63, 3.8) is 0 Å². The van der Waals surface area contributed by atoms with Gasteiger partial charge in [0.2, 0.25) is 17.4 Å². The van der Waals surface area contributed by atoms with Crippen LogP contribution >= 0.6 is 0 Å². The SMILES string of the molecule is CC(NC(=O)C(F)(F)C(F)(F)C(F)(F)F)C(=O)N(C)C(CC1CC1)C(=O)N1CC2(CC1C#N)Oc1cccnc1NC2=O. The fourth-order valence-corrected chi connectivity index (χ4v) is 4.92. The number of rotatable bonds is 8. The van der Waals surface area contributed by atoms with Gasteiger partial charge in [-0.15, -0.1) is 0 Å². The molecule has 234 valence electrons. The maximum absolute atomic E-state index is 13.8. The van der Waals surface area contributed by atoms with Crippen LogP contribution in [0.15, 0.2) is 18.3 Å². The van der Waals surface area contributed by atoms with Crippen LogP contribution in [0.2, 0.25) is 0 Å². The summed E-state index contributed by atoms with van der Waals surface area (Å²) in [6.07, 6.45) is -4.26. The molecule has 4 unspecified atom stereocenters. The van der Waals surface area contributed by atoms with Crippen molar-refractivity contribution in [1.82, 2.24) is 20.1 Å². The number of halogens is 7. The highest BCUT2D eigenvalue weighted by Crippen LogP contribution is 2.46. The Kier molecular flexibility index (Phi) is 8.00. The Morgan fingerprint density at radius 2 is 1.91 bits per heavy atom. The molecule has 4 rings (SSSR count). The molecule has 3 aliphatic rings. The molecule has 1 saturated heterocycles. The van der Waals surface area contributed by atoms with E-state index in [9.17, 15) is 55.2 Å². The third-order valence-electron chi connectivity index (χ3n) is 7.59. The lowest BCUT2D eigenvalue weighted by Crippen LogP contribution is -2.62. The second-order valence-corrected chi connectivity index (χ2v) is 10.7. The molecule has 2 N–H and O–H groups in total. The number of anilines is 1. The van der Waals surface area contributed by atoms with Gasteiger partial charge < -0.3 is 25.2 Å². The minimum atomic E-state index is -6.76. The quantitative estimate of drug-likeness (QED) is 0.423. The first kappa shape index (κ1) is 31.8. The Labute approximate surface area is 239 Å². The number of likely N-dealkylation sites (N-methyl/N-ethyl adjacent to an activating group) is 1. The Balaban J connectivity index is 1.53. The Hall–Kier alpha value is -4.17. The minimum Gasteiger partial charge on any atom is -0.472 e. The molecule has 1 saturated carbocycles. The number of amides is 4. The minimum absolute atomic E-state index is 0.0193. The number of fused-ring (bicyclic) bond motifs is 1. The predicted octanol–water partition coefficient (Wildman–Crippen LogP) is 2.24. The zero-order valence-corrected chi connectivity index (χ0v) is 22.6. The molecule has 18 heteroatoms. The molecule has 3 heterocycles. The summed E-state index contributed by atoms with van der Waals surface area (Å²) in [5.41, 5.74) is -1.69. The highest BCUT2D eigenvalue weighted by molar-refractivity contribution is 6.01. The fourth-order valence-electron chi connectivity index (χ4n) is 4.92.